The average molecular weight is 278 g/mol. The molecule has 0 spiro atoms. The lowest BCUT2D eigenvalue weighted by atomic mass is 10.2. The van der Waals surface area contributed by atoms with Gasteiger partial charge in [-0.1, -0.05) is 12.1 Å². The molecule has 98 valence electrons. The molecule has 0 unspecified atom stereocenters. The number of hydrogen-bond donors (Lipinski definition) is 2. The van der Waals surface area contributed by atoms with Gasteiger partial charge in [-0.2, -0.15) is 5.10 Å². The fourth-order valence-corrected chi connectivity index (χ4v) is 1.94. The highest BCUT2D eigenvalue weighted by molar-refractivity contribution is 7.13. The van der Waals surface area contributed by atoms with Crippen molar-refractivity contribution in [2.45, 2.75) is 6.42 Å². The normalized spacial score (nSPS) is 10.8. The molecule has 0 aliphatic carbocycles. The standard InChI is InChI=1S/C12H11FN4OS/c13-9-3-1-2-8(4-9)6-15-17-11(18)5-10-7-19-12(14)16-10/h1-4,6-7H,5H2,(H2,14,16)(H,17,18)/b15-6+. The van der Waals surface area contributed by atoms with Crippen LogP contribution < -0.4 is 11.2 Å². The van der Waals surface area contributed by atoms with E-state index in [1.807, 2.05) is 0 Å². The van der Waals surface area contributed by atoms with E-state index in [2.05, 4.69) is 15.5 Å². The molecule has 0 saturated heterocycles. The molecule has 2 aromatic rings. The van der Waals surface area contributed by atoms with Gasteiger partial charge in [0.05, 0.1) is 18.3 Å². The van der Waals surface area contributed by atoms with Crippen molar-refractivity contribution in [3.8, 4) is 0 Å². The number of carbonyl (C=O) groups excluding carboxylic acids is 1. The van der Waals surface area contributed by atoms with E-state index in [0.29, 0.717) is 16.4 Å². The Morgan fingerprint density at radius 1 is 1.58 bits per heavy atom. The van der Waals surface area contributed by atoms with Crippen molar-refractivity contribution in [2.75, 3.05) is 5.73 Å². The van der Waals surface area contributed by atoms with Crippen molar-refractivity contribution >= 4 is 28.6 Å². The van der Waals surface area contributed by atoms with Crippen LogP contribution in [0.15, 0.2) is 34.7 Å². The van der Waals surface area contributed by atoms with Crippen LogP contribution in [0.2, 0.25) is 0 Å². The molecular formula is C12H11FN4OS. The van der Waals surface area contributed by atoms with Gasteiger partial charge >= 0.3 is 0 Å². The number of thiazole rings is 1. The first-order chi connectivity index (χ1) is 9.13. The Labute approximate surface area is 113 Å². The minimum atomic E-state index is -0.353. The van der Waals surface area contributed by atoms with Gasteiger partial charge in [-0.15, -0.1) is 11.3 Å². The number of nitrogen functional groups attached to an aromatic ring is 1. The quantitative estimate of drug-likeness (QED) is 0.658. The molecule has 0 bridgehead atoms. The van der Waals surface area contributed by atoms with Crippen LogP contribution in [0.1, 0.15) is 11.3 Å². The first-order valence-corrected chi connectivity index (χ1v) is 6.29. The molecule has 5 nitrogen and oxygen atoms in total. The summed E-state index contributed by atoms with van der Waals surface area (Å²) >= 11 is 1.28. The van der Waals surface area contributed by atoms with Crippen molar-refractivity contribution in [3.63, 3.8) is 0 Å². The Hall–Kier alpha value is -2.28. The average Bonchev–Trinajstić information content (AvgIpc) is 2.75. The van der Waals surface area contributed by atoms with E-state index in [1.165, 1.54) is 29.7 Å². The molecule has 1 amide bonds. The van der Waals surface area contributed by atoms with Crippen LogP contribution in [0, 0.1) is 5.82 Å². The fourth-order valence-electron chi connectivity index (χ4n) is 1.37. The molecule has 0 atom stereocenters. The van der Waals surface area contributed by atoms with Crippen molar-refractivity contribution in [3.05, 3.63) is 46.7 Å². The van der Waals surface area contributed by atoms with Gasteiger partial charge in [-0.05, 0) is 17.7 Å². The van der Waals surface area contributed by atoms with E-state index in [4.69, 9.17) is 5.73 Å². The monoisotopic (exact) mass is 278 g/mol. The third kappa shape index (κ3) is 4.14. The maximum Gasteiger partial charge on any atom is 0.246 e. The number of nitrogens with zero attached hydrogens (tertiary/aromatic N) is 2. The van der Waals surface area contributed by atoms with Crippen LogP contribution in [-0.2, 0) is 11.2 Å². The van der Waals surface area contributed by atoms with E-state index in [-0.39, 0.29) is 18.1 Å². The number of hydrazone groups is 1. The molecule has 1 heterocycles. The summed E-state index contributed by atoms with van der Waals surface area (Å²) in [6, 6.07) is 5.90. The Morgan fingerprint density at radius 3 is 3.11 bits per heavy atom. The van der Waals surface area contributed by atoms with Gasteiger partial charge in [-0.25, -0.2) is 14.8 Å². The number of nitrogens with two attached hydrogens (primary N) is 1. The summed E-state index contributed by atoms with van der Waals surface area (Å²) in [6.07, 6.45) is 1.48. The second-order valence-electron chi connectivity index (χ2n) is 3.70. The molecule has 1 aromatic carbocycles. The van der Waals surface area contributed by atoms with Gasteiger partial charge in [0, 0.05) is 5.38 Å². The predicted octanol–water partition coefficient (Wildman–Crippen LogP) is 1.56. The summed E-state index contributed by atoms with van der Waals surface area (Å²) in [5.41, 5.74) is 8.96. The van der Waals surface area contributed by atoms with Gasteiger partial charge in [0.15, 0.2) is 5.13 Å². The van der Waals surface area contributed by atoms with Crippen LogP contribution in [0.5, 0.6) is 0 Å². The van der Waals surface area contributed by atoms with Crippen LogP contribution in [-0.4, -0.2) is 17.1 Å². The molecule has 0 radical (unpaired) electrons. The summed E-state index contributed by atoms with van der Waals surface area (Å²) in [5, 5.41) is 5.87. The number of halogens is 1. The maximum absolute atomic E-state index is 12.9. The Bertz CT molecular complexity index is 611. The van der Waals surface area contributed by atoms with Crippen LogP contribution in [0.4, 0.5) is 9.52 Å². The van der Waals surface area contributed by atoms with Crippen LogP contribution >= 0.6 is 11.3 Å². The molecule has 1 aromatic heterocycles. The number of nitrogens with one attached hydrogen (secondary N) is 1. The van der Waals surface area contributed by atoms with Gasteiger partial charge in [0.25, 0.3) is 0 Å². The lowest BCUT2D eigenvalue weighted by molar-refractivity contribution is -0.120. The van der Waals surface area contributed by atoms with Crippen molar-refractivity contribution in [2.24, 2.45) is 5.10 Å². The number of hydrogen-bond acceptors (Lipinski definition) is 5. The second kappa shape index (κ2) is 6.05. The molecular weight excluding hydrogens is 267 g/mol. The zero-order chi connectivity index (χ0) is 13.7. The number of amides is 1. The smallest absolute Gasteiger partial charge is 0.246 e. The summed E-state index contributed by atoms with van der Waals surface area (Å²) in [7, 11) is 0. The lowest BCUT2D eigenvalue weighted by Gasteiger charge is -1.97. The van der Waals surface area contributed by atoms with E-state index < -0.39 is 0 Å². The molecule has 7 heteroatoms. The number of anilines is 1. The Morgan fingerprint density at radius 2 is 2.42 bits per heavy atom. The third-order valence-electron chi connectivity index (χ3n) is 2.16. The second-order valence-corrected chi connectivity index (χ2v) is 4.59. The number of benzene rings is 1. The molecule has 0 saturated carbocycles. The zero-order valence-corrected chi connectivity index (χ0v) is 10.7. The fraction of sp³-hybridized carbons (Fsp3) is 0.0833. The van der Waals surface area contributed by atoms with Crippen molar-refractivity contribution < 1.29 is 9.18 Å². The zero-order valence-electron chi connectivity index (χ0n) is 9.84. The highest BCUT2D eigenvalue weighted by Crippen LogP contribution is 2.11. The molecule has 0 aliphatic rings. The number of rotatable bonds is 4. The Kier molecular flexibility index (Phi) is 4.19. The van der Waals surface area contributed by atoms with Gasteiger partial charge < -0.3 is 5.73 Å². The van der Waals surface area contributed by atoms with E-state index in [9.17, 15) is 9.18 Å². The molecule has 2 rings (SSSR count). The summed E-state index contributed by atoms with van der Waals surface area (Å²) in [4.78, 5) is 15.5. The number of aromatic nitrogens is 1. The third-order valence-corrected chi connectivity index (χ3v) is 2.89. The largest absolute Gasteiger partial charge is 0.375 e. The molecule has 0 fully saturated rings. The van der Waals surface area contributed by atoms with E-state index in [0.717, 1.165) is 0 Å². The highest BCUT2D eigenvalue weighted by Gasteiger charge is 2.05. The first-order valence-electron chi connectivity index (χ1n) is 5.41. The predicted molar refractivity (Wildman–Crippen MR) is 72.4 cm³/mol. The molecule has 3 N–H and O–H groups in total. The van der Waals surface area contributed by atoms with E-state index >= 15 is 0 Å². The summed E-state index contributed by atoms with van der Waals surface area (Å²) in [5.74, 6) is -0.661. The summed E-state index contributed by atoms with van der Waals surface area (Å²) < 4.78 is 12.9. The molecule has 0 aliphatic heterocycles. The lowest BCUT2D eigenvalue weighted by Crippen LogP contribution is -2.19. The summed E-state index contributed by atoms with van der Waals surface area (Å²) in [6.45, 7) is 0. The van der Waals surface area contributed by atoms with Crippen LogP contribution in [0.3, 0.4) is 0 Å². The van der Waals surface area contributed by atoms with Crippen molar-refractivity contribution in [1.82, 2.24) is 10.4 Å². The van der Waals surface area contributed by atoms with Gasteiger partial charge in [-0.3, -0.25) is 4.79 Å². The highest BCUT2D eigenvalue weighted by atomic mass is 32.1. The van der Waals surface area contributed by atoms with Crippen molar-refractivity contribution in [1.29, 1.82) is 0 Å². The minimum absolute atomic E-state index is 0.105. The molecule has 19 heavy (non-hydrogen) atoms. The first kappa shape index (κ1) is 13.2. The van der Waals surface area contributed by atoms with Crippen LogP contribution in [0.25, 0.3) is 0 Å². The Balaban J connectivity index is 1.86. The van der Waals surface area contributed by atoms with Gasteiger partial charge in [0.2, 0.25) is 5.91 Å². The van der Waals surface area contributed by atoms with E-state index in [1.54, 1.807) is 17.5 Å². The number of carbonyl (C=O) groups is 1. The SMILES string of the molecule is Nc1nc(CC(=O)N/N=C/c2cccc(F)c2)cs1. The van der Waals surface area contributed by atoms with Gasteiger partial charge in [0.1, 0.15) is 5.82 Å². The maximum atomic E-state index is 12.9. The minimum Gasteiger partial charge on any atom is -0.375 e. The topological polar surface area (TPSA) is 80.4 Å².